The Bertz CT molecular complexity index is 622. The number of hydrogen-bond acceptors (Lipinski definition) is 3. The van der Waals surface area contributed by atoms with Crippen LogP contribution >= 0.6 is 0 Å². The molecule has 0 amide bonds. The fraction of sp³-hybridized carbons (Fsp3) is 0.444. The monoisotopic (exact) mass is 281 g/mol. The fourth-order valence-corrected chi connectivity index (χ4v) is 3.18. The van der Waals surface area contributed by atoms with Crippen LogP contribution in [0.4, 0.5) is 0 Å². The molecule has 3 nitrogen and oxygen atoms in total. The summed E-state index contributed by atoms with van der Waals surface area (Å²) in [5, 5.41) is 3.55. The first-order valence-corrected chi connectivity index (χ1v) is 7.90. The number of likely N-dealkylation sites (N-methyl/N-ethyl adjacent to an activating group) is 1. The maximum absolute atomic E-state index is 4.59. The molecule has 1 aliphatic carbocycles. The van der Waals surface area contributed by atoms with E-state index < -0.39 is 0 Å². The van der Waals surface area contributed by atoms with Gasteiger partial charge in [-0.25, -0.2) is 9.97 Å². The molecule has 1 unspecified atom stereocenters. The number of hydrogen-bond donors (Lipinski definition) is 1. The Balaban J connectivity index is 1.82. The van der Waals surface area contributed by atoms with Crippen LogP contribution in [0, 0.1) is 6.92 Å². The summed E-state index contributed by atoms with van der Waals surface area (Å²) in [4.78, 5) is 8.78. The summed E-state index contributed by atoms with van der Waals surface area (Å²) in [6, 6.07) is 9.26. The summed E-state index contributed by atoms with van der Waals surface area (Å²) in [6.45, 7) is 5.03. The van der Waals surface area contributed by atoms with E-state index in [1.165, 1.54) is 30.4 Å². The van der Waals surface area contributed by atoms with Crippen molar-refractivity contribution in [2.24, 2.45) is 0 Å². The molecule has 110 valence electrons. The van der Waals surface area contributed by atoms with E-state index in [1.807, 2.05) is 19.2 Å². The first-order chi connectivity index (χ1) is 10.3. The van der Waals surface area contributed by atoms with Crippen LogP contribution in [-0.4, -0.2) is 16.5 Å². The molecular weight excluding hydrogens is 258 g/mol. The third-order valence-corrected chi connectivity index (χ3v) is 4.21. The molecule has 1 N–H and O–H groups in total. The topological polar surface area (TPSA) is 37.8 Å². The second-order valence-corrected chi connectivity index (χ2v) is 5.80. The van der Waals surface area contributed by atoms with Gasteiger partial charge in [0.25, 0.3) is 0 Å². The van der Waals surface area contributed by atoms with Crippen molar-refractivity contribution in [3.8, 4) is 0 Å². The van der Waals surface area contributed by atoms with Crippen LogP contribution in [-0.2, 0) is 19.3 Å². The first kappa shape index (κ1) is 14.2. The van der Waals surface area contributed by atoms with Crippen molar-refractivity contribution in [1.29, 1.82) is 0 Å². The van der Waals surface area contributed by atoms with Gasteiger partial charge in [0.15, 0.2) is 0 Å². The third-order valence-electron chi connectivity index (χ3n) is 4.21. The molecule has 0 bridgehead atoms. The minimum Gasteiger partial charge on any atom is -0.309 e. The lowest BCUT2D eigenvalue weighted by molar-refractivity contribution is 0.534. The summed E-state index contributed by atoms with van der Waals surface area (Å²) in [5.41, 5.74) is 5.57. The van der Waals surface area contributed by atoms with Crippen LogP contribution in [0.5, 0.6) is 0 Å². The first-order valence-electron chi connectivity index (χ1n) is 7.90. The third kappa shape index (κ3) is 3.30. The highest BCUT2D eigenvalue weighted by atomic mass is 15.0. The second kappa shape index (κ2) is 6.35. The molecule has 0 spiro atoms. The Labute approximate surface area is 126 Å². The molecule has 0 saturated carbocycles. The predicted molar refractivity (Wildman–Crippen MR) is 85.4 cm³/mol. The lowest BCUT2D eigenvalue weighted by Gasteiger charge is -2.18. The van der Waals surface area contributed by atoms with Gasteiger partial charge in [0.05, 0.1) is 11.7 Å². The van der Waals surface area contributed by atoms with Crippen molar-refractivity contribution < 1.29 is 0 Å². The molecule has 1 atom stereocenters. The summed E-state index contributed by atoms with van der Waals surface area (Å²) < 4.78 is 0. The van der Waals surface area contributed by atoms with E-state index in [9.17, 15) is 0 Å². The minimum atomic E-state index is 0.260. The van der Waals surface area contributed by atoms with Gasteiger partial charge in [-0.15, -0.1) is 0 Å². The maximum Gasteiger partial charge on any atom is 0.125 e. The zero-order valence-corrected chi connectivity index (χ0v) is 12.9. The van der Waals surface area contributed by atoms with Gasteiger partial charge in [0, 0.05) is 6.20 Å². The zero-order chi connectivity index (χ0) is 14.7. The Kier molecular flexibility index (Phi) is 4.30. The van der Waals surface area contributed by atoms with Crippen molar-refractivity contribution in [2.75, 3.05) is 6.54 Å². The molecule has 1 aromatic heterocycles. The largest absolute Gasteiger partial charge is 0.309 e. The van der Waals surface area contributed by atoms with E-state index in [-0.39, 0.29) is 6.04 Å². The van der Waals surface area contributed by atoms with Gasteiger partial charge in [0.1, 0.15) is 5.82 Å². The van der Waals surface area contributed by atoms with Gasteiger partial charge in [-0.2, -0.15) is 0 Å². The summed E-state index contributed by atoms with van der Waals surface area (Å²) in [6.07, 6.45) is 6.63. The zero-order valence-electron chi connectivity index (χ0n) is 12.9. The Morgan fingerprint density at radius 3 is 2.86 bits per heavy atom. The van der Waals surface area contributed by atoms with Crippen molar-refractivity contribution in [3.63, 3.8) is 0 Å². The van der Waals surface area contributed by atoms with E-state index in [1.54, 1.807) is 5.56 Å². The van der Waals surface area contributed by atoms with Gasteiger partial charge in [0.2, 0.25) is 0 Å². The van der Waals surface area contributed by atoms with Gasteiger partial charge < -0.3 is 5.32 Å². The van der Waals surface area contributed by atoms with Gasteiger partial charge in [-0.05, 0) is 61.9 Å². The molecule has 0 radical (unpaired) electrons. The van der Waals surface area contributed by atoms with E-state index in [0.29, 0.717) is 0 Å². The molecule has 0 fully saturated rings. The van der Waals surface area contributed by atoms with Crippen LogP contribution in [0.25, 0.3) is 0 Å². The maximum atomic E-state index is 4.59. The number of rotatable bonds is 5. The summed E-state index contributed by atoms with van der Waals surface area (Å²) in [5.74, 6) is 0.837. The molecule has 3 rings (SSSR count). The van der Waals surface area contributed by atoms with Crippen LogP contribution in [0.15, 0.2) is 30.5 Å². The van der Waals surface area contributed by atoms with Crippen LogP contribution in [0.3, 0.4) is 0 Å². The molecule has 1 heterocycles. The lowest BCUT2D eigenvalue weighted by Crippen LogP contribution is -2.24. The Morgan fingerprint density at radius 2 is 2.05 bits per heavy atom. The highest BCUT2D eigenvalue weighted by Crippen LogP contribution is 2.25. The number of benzene rings is 1. The second-order valence-electron chi connectivity index (χ2n) is 5.80. The van der Waals surface area contributed by atoms with Gasteiger partial charge in [-0.1, -0.05) is 25.1 Å². The highest BCUT2D eigenvalue weighted by Gasteiger charge is 2.16. The average molecular weight is 281 g/mol. The summed E-state index contributed by atoms with van der Waals surface area (Å²) in [7, 11) is 0. The van der Waals surface area contributed by atoms with Gasteiger partial charge in [-0.3, -0.25) is 0 Å². The molecule has 3 heteroatoms. The Morgan fingerprint density at radius 1 is 1.19 bits per heavy atom. The van der Waals surface area contributed by atoms with E-state index in [2.05, 4.69) is 40.4 Å². The predicted octanol–water partition coefficient (Wildman–Crippen LogP) is 3.17. The number of fused-ring (bicyclic) bond motifs is 1. The van der Waals surface area contributed by atoms with Crippen LogP contribution in [0.2, 0.25) is 0 Å². The van der Waals surface area contributed by atoms with Crippen LogP contribution < -0.4 is 5.32 Å². The molecule has 1 aliphatic rings. The van der Waals surface area contributed by atoms with E-state index in [0.717, 1.165) is 24.5 Å². The highest BCUT2D eigenvalue weighted by molar-refractivity contribution is 5.36. The quantitative estimate of drug-likeness (QED) is 0.914. The normalized spacial score (nSPS) is 15.0. The standard InChI is InChI=1S/C18H23N3/c1-3-19-18(17-9-10-20-13(2)21-17)12-14-7-8-15-5-4-6-16(15)11-14/h7-11,18-19H,3-6,12H2,1-2H3. The van der Waals surface area contributed by atoms with Gasteiger partial charge >= 0.3 is 0 Å². The lowest BCUT2D eigenvalue weighted by atomic mass is 9.99. The molecular formula is C18H23N3. The van der Waals surface area contributed by atoms with Crippen LogP contribution in [0.1, 0.15) is 47.6 Å². The smallest absolute Gasteiger partial charge is 0.125 e. The fourth-order valence-electron chi connectivity index (χ4n) is 3.18. The van der Waals surface area contributed by atoms with E-state index >= 15 is 0 Å². The summed E-state index contributed by atoms with van der Waals surface area (Å²) >= 11 is 0. The van der Waals surface area contributed by atoms with E-state index in [4.69, 9.17) is 0 Å². The molecule has 1 aromatic carbocycles. The Hall–Kier alpha value is -1.74. The molecule has 21 heavy (non-hydrogen) atoms. The number of aryl methyl sites for hydroxylation is 3. The number of nitrogens with one attached hydrogen (secondary N) is 1. The SMILES string of the molecule is CCNC(Cc1ccc2c(c1)CCC2)c1ccnc(C)n1. The molecule has 0 aliphatic heterocycles. The van der Waals surface area contributed by atoms with Crippen molar-refractivity contribution in [1.82, 2.24) is 15.3 Å². The average Bonchev–Trinajstić information content (AvgIpc) is 2.94. The number of aromatic nitrogens is 2. The van der Waals surface area contributed by atoms with Crippen molar-refractivity contribution in [2.45, 2.75) is 45.6 Å². The van der Waals surface area contributed by atoms with Crippen molar-refractivity contribution >= 4 is 0 Å². The number of nitrogens with zero attached hydrogens (tertiary/aromatic N) is 2. The molecule has 0 saturated heterocycles. The molecule has 2 aromatic rings. The van der Waals surface area contributed by atoms with Crippen molar-refractivity contribution in [3.05, 3.63) is 58.7 Å². The minimum absolute atomic E-state index is 0.260.